The standard InChI is InChI=1S/C16H26N2O4/c1-7-12(19)17-13(20)11(2)14(21)22-18-15(3,4)9-8-10-16(18,5)6/h7,20H,1,8-10H2,2-6H3,(H,17,19). The van der Waals surface area contributed by atoms with Crippen LogP contribution in [0, 0.1) is 0 Å². The van der Waals surface area contributed by atoms with E-state index in [1.54, 1.807) is 5.06 Å². The van der Waals surface area contributed by atoms with Crippen molar-refractivity contribution >= 4 is 11.9 Å². The molecule has 0 spiro atoms. The zero-order valence-electron chi connectivity index (χ0n) is 14.0. The van der Waals surface area contributed by atoms with Crippen LogP contribution in [-0.2, 0) is 14.4 Å². The molecule has 0 aromatic carbocycles. The highest BCUT2D eigenvalue weighted by atomic mass is 16.7. The number of nitrogens with zero attached hydrogens (tertiary/aromatic N) is 1. The van der Waals surface area contributed by atoms with Crippen molar-refractivity contribution in [3.63, 3.8) is 0 Å². The Morgan fingerprint density at radius 3 is 2.18 bits per heavy atom. The lowest BCUT2D eigenvalue weighted by atomic mass is 9.82. The normalized spacial score (nSPS) is 21.5. The zero-order valence-corrected chi connectivity index (χ0v) is 14.0. The highest BCUT2D eigenvalue weighted by Gasteiger charge is 2.44. The molecule has 0 atom stereocenters. The number of hydroxylamine groups is 2. The molecular formula is C16H26N2O4. The lowest BCUT2D eigenvalue weighted by Crippen LogP contribution is -2.58. The summed E-state index contributed by atoms with van der Waals surface area (Å²) in [4.78, 5) is 28.9. The van der Waals surface area contributed by atoms with Crippen LogP contribution in [0.4, 0.5) is 0 Å². The number of carbonyl (C=O) groups is 2. The fourth-order valence-electron chi connectivity index (χ4n) is 2.73. The summed E-state index contributed by atoms with van der Waals surface area (Å²) in [5.74, 6) is -1.81. The van der Waals surface area contributed by atoms with Gasteiger partial charge in [-0.2, -0.15) is 0 Å². The molecule has 0 saturated carbocycles. The molecule has 22 heavy (non-hydrogen) atoms. The van der Waals surface area contributed by atoms with Gasteiger partial charge in [0.2, 0.25) is 11.8 Å². The fourth-order valence-corrected chi connectivity index (χ4v) is 2.73. The molecule has 1 rings (SSSR count). The van der Waals surface area contributed by atoms with Crippen LogP contribution in [0.25, 0.3) is 0 Å². The summed E-state index contributed by atoms with van der Waals surface area (Å²) in [5, 5.41) is 13.6. The van der Waals surface area contributed by atoms with Crippen molar-refractivity contribution in [3.05, 3.63) is 24.1 Å². The summed E-state index contributed by atoms with van der Waals surface area (Å²) in [6, 6.07) is 0. The molecule has 0 aromatic rings. The molecule has 0 radical (unpaired) electrons. The SMILES string of the molecule is C=CC(=O)NC(O)=C(C)C(=O)ON1C(C)(C)CCCC1(C)C. The Bertz CT molecular complexity index is 490. The Balaban J connectivity index is 2.92. The molecule has 1 aliphatic rings. The summed E-state index contributed by atoms with van der Waals surface area (Å²) in [6.07, 6.45) is 3.88. The van der Waals surface area contributed by atoms with Crippen LogP contribution in [-0.4, -0.2) is 33.1 Å². The lowest BCUT2D eigenvalue weighted by molar-refractivity contribution is -0.262. The van der Waals surface area contributed by atoms with Gasteiger partial charge in [0.1, 0.15) is 0 Å². The average molecular weight is 310 g/mol. The number of aliphatic hydroxyl groups is 1. The van der Waals surface area contributed by atoms with Crippen LogP contribution in [0.5, 0.6) is 0 Å². The Morgan fingerprint density at radius 1 is 1.23 bits per heavy atom. The van der Waals surface area contributed by atoms with Gasteiger partial charge in [0.05, 0.1) is 16.7 Å². The molecule has 0 aromatic heterocycles. The van der Waals surface area contributed by atoms with Crippen LogP contribution >= 0.6 is 0 Å². The van der Waals surface area contributed by atoms with Crippen molar-refractivity contribution < 1.29 is 19.5 Å². The second-order valence-corrected chi connectivity index (χ2v) is 6.82. The minimum atomic E-state index is -0.690. The molecule has 0 bridgehead atoms. The minimum absolute atomic E-state index is 0.0626. The van der Waals surface area contributed by atoms with Crippen LogP contribution < -0.4 is 5.32 Å². The topological polar surface area (TPSA) is 78.9 Å². The van der Waals surface area contributed by atoms with E-state index in [1.807, 2.05) is 27.7 Å². The third-order valence-corrected chi connectivity index (χ3v) is 3.94. The Morgan fingerprint density at radius 2 is 1.73 bits per heavy atom. The second-order valence-electron chi connectivity index (χ2n) is 6.82. The Kier molecular flexibility index (Phi) is 5.40. The van der Waals surface area contributed by atoms with Crippen molar-refractivity contribution in [1.82, 2.24) is 10.4 Å². The van der Waals surface area contributed by atoms with E-state index < -0.39 is 17.8 Å². The first-order valence-corrected chi connectivity index (χ1v) is 7.37. The number of nitrogens with one attached hydrogen (secondary N) is 1. The quantitative estimate of drug-likeness (QED) is 0.616. The second kappa shape index (κ2) is 6.52. The van der Waals surface area contributed by atoms with Crippen molar-refractivity contribution in [1.29, 1.82) is 0 Å². The first-order chi connectivity index (χ1) is 10.0. The van der Waals surface area contributed by atoms with Gasteiger partial charge < -0.3 is 9.94 Å². The molecule has 0 unspecified atom stereocenters. The summed E-state index contributed by atoms with van der Waals surface area (Å²) in [5.41, 5.74) is -0.651. The summed E-state index contributed by atoms with van der Waals surface area (Å²) >= 11 is 0. The number of carbonyl (C=O) groups excluding carboxylic acids is 2. The number of aliphatic hydroxyl groups excluding tert-OH is 1. The van der Waals surface area contributed by atoms with Crippen LogP contribution in [0.1, 0.15) is 53.9 Å². The third kappa shape index (κ3) is 4.10. The number of amides is 1. The predicted octanol–water partition coefficient (Wildman–Crippen LogP) is 2.58. The van der Waals surface area contributed by atoms with E-state index in [2.05, 4.69) is 11.9 Å². The Hall–Kier alpha value is -1.82. The van der Waals surface area contributed by atoms with Gasteiger partial charge in [-0.15, -0.1) is 5.06 Å². The van der Waals surface area contributed by atoms with Gasteiger partial charge in [-0.1, -0.05) is 6.58 Å². The van der Waals surface area contributed by atoms with Gasteiger partial charge in [-0.25, -0.2) is 4.79 Å². The smallest absolute Gasteiger partial charge is 0.358 e. The molecule has 1 saturated heterocycles. The molecular weight excluding hydrogens is 284 g/mol. The lowest BCUT2D eigenvalue weighted by Gasteiger charge is -2.50. The Labute approximate surface area is 131 Å². The van der Waals surface area contributed by atoms with E-state index in [9.17, 15) is 14.7 Å². The summed E-state index contributed by atoms with van der Waals surface area (Å²) in [6.45, 7) is 12.7. The molecule has 1 aliphatic heterocycles. The van der Waals surface area contributed by atoms with E-state index >= 15 is 0 Å². The summed E-state index contributed by atoms with van der Waals surface area (Å²) < 4.78 is 0. The minimum Gasteiger partial charge on any atom is -0.494 e. The number of piperidine rings is 1. The molecule has 0 aliphatic carbocycles. The van der Waals surface area contributed by atoms with Crippen molar-refractivity contribution in [2.45, 2.75) is 65.0 Å². The van der Waals surface area contributed by atoms with Crippen LogP contribution in [0.15, 0.2) is 24.1 Å². The number of hydrogen-bond acceptors (Lipinski definition) is 5. The number of hydrogen-bond donors (Lipinski definition) is 2. The highest BCUT2D eigenvalue weighted by Crippen LogP contribution is 2.38. The fraction of sp³-hybridized carbons (Fsp3) is 0.625. The van der Waals surface area contributed by atoms with Crippen molar-refractivity contribution in [2.75, 3.05) is 0 Å². The van der Waals surface area contributed by atoms with Crippen LogP contribution in [0.2, 0.25) is 0 Å². The van der Waals surface area contributed by atoms with E-state index in [0.29, 0.717) is 0 Å². The van der Waals surface area contributed by atoms with Crippen molar-refractivity contribution in [2.24, 2.45) is 0 Å². The van der Waals surface area contributed by atoms with E-state index in [0.717, 1.165) is 25.3 Å². The maximum absolute atomic E-state index is 12.2. The third-order valence-electron chi connectivity index (χ3n) is 3.94. The first kappa shape index (κ1) is 18.2. The predicted molar refractivity (Wildman–Crippen MR) is 83.6 cm³/mol. The number of rotatable bonds is 4. The zero-order chi connectivity index (χ0) is 17.1. The highest BCUT2D eigenvalue weighted by molar-refractivity contribution is 5.92. The molecule has 1 heterocycles. The first-order valence-electron chi connectivity index (χ1n) is 7.37. The average Bonchev–Trinajstić information content (AvgIpc) is 2.41. The van der Waals surface area contributed by atoms with Gasteiger partial charge >= 0.3 is 5.97 Å². The maximum atomic E-state index is 12.2. The summed E-state index contributed by atoms with van der Waals surface area (Å²) in [7, 11) is 0. The van der Waals surface area contributed by atoms with Gasteiger partial charge in [-0.05, 0) is 60.0 Å². The van der Waals surface area contributed by atoms with E-state index in [-0.39, 0.29) is 16.7 Å². The van der Waals surface area contributed by atoms with Gasteiger partial charge in [-0.3, -0.25) is 10.1 Å². The molecule has 6 nitrogen and oxygen atoms in total. The molecule has 124 valence electrons. The molecule has 2 N–H and O–H groups in total. The van der Waals surface area contributed by atoms with Crippen molar-refractivity contribution in [3.8, 4) is 0 Å². The maximum Gasteiger partial charge on any atom is 0.358 e. The largest absolute Gasteiger partial charge is 0.494 e. The van der Waals surface area contributed by atoms with Gasteiger partial charge in [0.25, 0.3) is 0 Å². The van der Waals surface area contributed by atoms with E-state index in [1.165, 1.54) is 6.92 Å². The van der Waals surface area contributed by atoms with Gasteiger partial charge in [0, 0.05) is 0 Å². The molecule has 1 fully saturated rings. The molecule has 6 heteroatoms. The van der Waals surface area contributed by atoms with E-state index in [4.69, 9.17) is 4.84 Å². The monoisotopic (exact) mass is 310 g/mol. The van der Waals surface area contributed by atoms with Crippen LogP contribution in [0.3, 0.4) is 0 Å². The molecule has 1 amide bonds. The van der Waals surface area contributed by atoms with Gasteiger partial charge in [0.15, 0.2) is 0 Å².